The molecule has 69 heavy (non-hydrogen) atoms. The zero-order chi connectivity index (χ0) is 45.7. The fraction of sp³-hybridized carbons (Fsp3) is 0. The minimum absolute atomic E-state index is 0.684. The van der Waals surface area contributed by atoms with Gasteiger partial charge in [-0.2, -0.15) is 0 Å². The van der Waals surface area contributed by atoms with Gasteiger partial charge in [-0.1, -0.05) is 200 Å². The highest BCUT2D eigenvalue weighted by atomic mass is 15.0. The van der Waals surface area contributed by atoms with Crippen LogP contribution in [0.15, 0.2) is 249 Å². The topological polar surface area (TPSA) is 56.5 Å². The Balaban J connectivity index is 0.868. The smallest absolute Gasteiger partial charge is 0.160 e. The molecule has 0 amide bonds. The molecule has 0 aliphatic carbocycles. The summed E-state index contributed by atoms with van der Waals surface area (Å²) in [5.41, 5.74) is 17.5. The van der Waals surface area contributed by atoms with Crippen molar-refractivity contribution >= 4 is 43.6 Å². The third-order valence-electron chi connectivity index (χ3n) is 13.2. The minimum Gasteiger partial charge on any atom is -0.306 e. The third kappa shape index (κ3) is 7.21. The standard InChI is InChI=1S/C64H41N5/c1-4-19-43(20-5-1)58-56-37-36-42-18-10-11-33-54(42)60(56)67-63(65-58)51-29-16-27-49(40-51)47-25-14-23-45(38-47)46-24-15-26-48(39-46)50-28-17-30-52(41-50)64-66-59(44-21-6-2-7-22-44)62-61(68-64)55-34-12-13-35-57(55)69(62)53-31-8-3-9-32-53/h1-41H. The molecule has 0 unspecified atom stereocenters. The molecule has 0 N–H and O–H groups in total. The largest absolute Gasteiger partial charge is 0.306 e. The van der Waals surface area contributed by atoms with Gasteiger partial charge >= 0.3 is 0 Å². The van der Waals surface area contributed by atoms with Crippen molar-refractivity contribution in [3.63, 3.8) is 0 Å². The molecule has 0 radical (unpaired) electrons. The number of fused-ring (bicyclic) bond motifs is 6. The summed E-state index contributed by atoms with van der Waals surface area (Å²) in [4.78, 5) is 21.3. The molecule has 5 heteroatoms. The summed E-state index contributed by atoms with van der Waals surface area (Å²) >= 11 is 0. The SMILES string of the molecule is c1ccc(-c2nc(-c3cccc(-c4cccc(-c5cccc(-c6cccc(-c7nc(-c8ccccc8)c8c(n7)c7ccccc7n8-c7ccccc7)c6)c5)c4)c3)nc3c2ccc2ccccc23)cc1. The zero-order valence-electron chi connectivity index (χ0n) is 37.4. The van der Waals surface area contributed by atoms with E-state index in [0.29, 0.717) is 11.6 Å². The molecule has 0 aliphatic heterocycles. The highest BCUT2D eigenvalue weighted by Crippen LogP contribution is 2.40. The average molecular weight is 880 g/mol. The molecule has 0 spiro atoms. The van der Waals surface area contributed by atoms with Gasteiger partial charge in [-0.3, -0.25) is 0 Å². The summed E-state index contributed by atoms with van der Waals surface area (Å²) in [6.07, 6.45) is 0. The van der Waals surface area contributed by atoms with Crippen LogP contribution < -0.4 is 0 Å². The van der Waals surface area contributed by atoms with Gasteiger partial charge in [0.1, 0.15) is 5.52 Å². The number of para-hydroxylation sites is 2. The maximum absolute atomic E-state index is 5.39. The Bertz CT molecular complexity index is 4070. The van der Waals surface area contributed by atoms with Crippen LogP contribution >= 0.6 is 0 Å². The number of aromatic nitrogens is 5. The molecule has 0 saturated carbocycles. The number of benzene rings is 10. The second kappa shape index (κ2) is 16.8. The lowest BCUT2D eigenvalue weighted by molar-refractivity contribution is 1.15. The van der Waals surface area contributed by atoms with Crippen LogP contribution in [0.5, 0.6) is 0 Å². The van der Waals surface area contributed by atoms with Gasteiger partial charge < -0.3 is 4.57 Å². The van der Waals surface area contributed by atoms with Crippen molar-refractivity contribution in [2.24, 2.45) is 0 Å². The fourth-order valence-corrected chi connectivity index (χ4v) is 9.86. The van der Waals surface area contributed by atoms with Gasteiger partial charge in [0.05, 0.1) is 27.9 Å². The number of hydrogen-bond donors (Lipinski definition) is 0. The summed E-state index contributed by atoms with van der Waals surface area (Å²) in [7, 11) is 0. The highest BCUT2D eigenvalue weighted by Gasteiger charge is 2.21. The lowest BCUT2D eigenvalue weighted by atomic mass is 9.95. The van der Waals surface area contributed by atoms with Crippen LogP contribution in [0.3, 0.4) is 0 Å². The number of nitrogens with zero attached hydrogens (tertiary/aromatic N) is 5. The van der Waals surface area contributed by atoms with Crippen LogP contribution in [0.25, 0.3) is 128 Å². The average Bonchev–Trinajstić information content (AvgIpc) is 3.77. The lowest BCUT2D eigenvalue weighted by Gasteiger charge is -2.13. The van der Waals surface area contributed by atoms with E-state index < -0.39 is 0 Å². The van der Waals surface area contributed by atoms with Gasteiger partial charge in [-0.25, -0.2) is 19.9 Å². The fourth-order valence-electron chi connectivity index (χ4n) is 9.86. The Morgan fingerprint density at radius 3 is 1.26 bits per heavy atom. The van der Waals surface area contributed by atoms with Crippen LogP contribution in [0.4, 0.5) is 0 Å². The molecule has 0 atom stereocenters. The lowest BCUT2D eigenvalue weighted by Crippen LogP contribution is -1.99. The van der Waals surface area contributed by atoms with Crippen LogP contribution in [0.1, 0.15) is 0 Å². The summed E-state index contributed by atoms with van der Waals surface area (Å²) < 4.78 is 2.30. The normalized spacial score (nSPS) is 11.5. The number of hydrogen-bond acceptors (Lipinski definition) is 4. The first-order valence-corrected chi connectivity index (χ1v) is 23.3. The molecule has 13 aromatic rings. The van der Waals surface area contributed by atoms with E-state index in [0.717, 1.165) is 116 Å². The van der Waals surface area contributed by atoms with E-state index in [9.17, 15) is 0 Å². The molecule has 10 aromatic carbocycles. The van der Waals surface area contributed by atoms with Crippen LogP contribution in [0.2, 0.25) is 0 Å². The van der Waals surface area contributed by atoms with E-state index >= 15 is 0 Å². The molecule has 3 aromatic heterocycles. The quantitative estimate of drug-likeness (QED) is 0.143. The summed E-state index contributed by atoms with van der Waals surface area (Å²) in [5.74, 6) is 1.38. The highest BCUT2D eigenvalue weighted by molar-refractivity contribution is 6.12. The Morgan fingerprint density at radius 2 is 0.681 bits per heavy atom. The van der Waals surface area contributed by atoms with Crippen molar-refractivity contribution in [3.8, 4) is 84.4 Å². The Hall–Kier alpha value is -9.32. The molecule has 0 aliphatic rings. The van der Waals surface area contributed by atoms with E-state index in [2.05, 4.69) is 241 Å². The maximum atomic E-state index is 5.39. The molecule has 0 bridgehead atoms. The Kier molecular flexibility index (Phi) is 9.76. The molecule has 322 valence electrons. The van der Waals surface area contributed by atoms with Gasteiger partial charge in [0.25, 0.3) is 0 Å². The Labute approximate surface area is 399 Å². The van der Waals surface area contributed by atoms with Crippen molar-refractivity contribution in [1.82, 2.24) is 24.5 Å². The van der Waals surface area contributed by atoms with Gasteiger partial charge in [0.15, 0.2) is 11.6 Å². The van der Waals surface area contributed by atoms with Crippen molar-refractivity contribution in [1.29, 1.82) is 0 Å². The summed E-state index contributed by atoms with van der Waals surface area (Å²) in [6.45, 7) is 0. The second-order valence-corrected chi connectivity index (χ2v) is 17.4. The monoisotopic (exact) mass is 879 g/mol. The Morgan fingerprint density at radius 1 is 0.261 bits per heavy atom. The molecule has 3 heterocycles. The minimum atomic E-state index is 0.684. The van der Waals surface area contributed by atoms with Crippen molar-refractivity contribution in [3.05, 3.63) is 249 Å². The predicted octanol–water partition coefficient (Wildman–Crippen LogP) is 16.3. The molecule has 5 nitrogen and oxygen atoms in total. The van der Waals surface area contributed by atoms with E-state index in [1.165, 1.54) is 0 Å². The second-order valence-electron chi connectivity index (χ2n) is 17.4. The van der Waals surface area contributed by atoms with Crippen molar-refractivity contribution < 1.29 is 0 Å². The third-order valence-corrected chi connectivity index (χ3v) is 13.2. The van der Waals surface area contributed by atoms with Crippen LogP contribution in [0, 0.1) is 0 Å². The van der Waals surface area contributed by atoms with Crippen LogP contribution in [-0.2, 0) is 0 Å². The molecular weight excluding hydrogens is 839 g/mol. The zero-order valence-corrected chi connectivity index (χ0v) is 37.4. The summed E-state index contributed by atoms with van der Waals surface area (Å²) in [6, 6.07) is 87.4. The maximum Gasteiger partial charge on any atom is 0.160 e. The molecular formula is C64H41N5. The molecule has 13 rings (SSSR count). The van der Waals surface area contributed by atoms with Crippen LogP contribution in [-0.4, -0.2) is 24.5 Å². The van der Waals surface area contributed by atoms with Crippen molar-refractivity contribution in [2.75, 3.05) is 0 Å². The van der Waals surface area contributed by atoms with E-state index in [1.54, 1.807) is 0 Å². The van der Waals surface area contributed by atoms with Gasteiger partial charge in [-0.15, -0.1) is 0 Å². The summed E-state index contributed by atoms with van der Waals surface area (Å²) in [5, 5.41) is 4.40. The van der Waals surface area contributed by atoms with Crippen molar-refractivity contribution in [2.45, 2.75) is 0 Å². The first kappa shape index (κ1) is 40.0. The van der Waals surface area contributed by atoms with Gasteiger partial charge in [0.2, 0.25) is 0 Å². The number of rotatable bonds is 8. The first-order valence-electron chi connectivity index (χ1n) is 23.3. The molecule has 0 fully saturated rings. The van der Waals surface area contributed by atoms with Gasteiger partial charge in [-0.05, 0) is 87.3 Å². The molecule has 0 saturated heterocycles. The predicted molar refractivity (Wildman–Crippen MR) is 285 cm³/mol. The van der Waals surface area contributed by atoms with E-state index in [-0.39, 0.29) is 0 Å². The van der Waals surface area contributed by atoms with E-state index in [4.69, 9.17) is 19.9 Å². The van der Waals surface area contributed by atoms with E-state index in [1.807, 2.05) is 12.1 Å². The van der Waals surface area contributed by atoms with Gasteiger partial charge in [0, 0.05) is 44.1 Å². The first-order chi connectivity index (χ1) is 34.2.